The van der Waals surface area contributed by atoms with Gasteiger partial charge in [-0.1, -0.05) is 0 Å². The van der Waals surface area contributed by atoms with Crippen LogP contribution in [0.1, 0.15) is 50.9 Å². The van der Waals surface area contributed by atoms with E-state index >= 15 is 0 Å². The molecule has 1 aliphatic rings. The van der Waals surface area contributed by atoms with Gasteiger partial charge in [-0.05, 0) is 45.7 Å². The zero-order chi connectivity index (χ0) is 21.5. The normalized spacial score (nSPS) is 14.7. The first-order valence-corrected chi connectivity index (χ1v) is 9.76. The van der Waals surface area contributed by atoms with Crippen LogP contribution in [0.15, 0.2) is 30.6 Å². The molecule has 0 aliphatic heterocycles. The molecule has 0 aromatic carbocycles. The van der Waals surface area contributed by atoms with Crippen molar-refractivity contribution in [3.8, 4) is 0 Å². The lowest BCUT2D eigenvalue weighted by Gasteiger charge is -2.20. The van der Waals surface area contributed by atoms with Gasteiger partial charge >= 0.3 is 6.18 Å². The first-order valence-electron chi connectivity index (χ1n) is 9.76. The van der Waals surface area contributed by atoms with Crippen LogP contribution in [-0.4, -0.2) is 36.3 Å². The van der Waals surface area contributed by atoms with Gasteiger partial charge in [-0.25, -0.2) is 9.67 Å². The molecule has 3 aromatic heterocycles. The molecule has 1 saturated carbocycles. The molecule has 11 heteroatoms. The third kappa shape index (κ3) is 3.83. The molecule has 8 nitrogen and oxygen atoms in total. The maximum atomic E-state index is 13.2. The molecular weight excluding hydrogens is 397 g/mol. The minimum absolute atomic E-state index is 0.200. The molecule has 4 rings (SSSR count). The number of hydrogen-bond donors (Lipinski definition) is 2. The Balaban J connectivity index is 1.68. The van der Waals surface area contributed by atoms with Crippen molar-refractivity contribution >= 4 is 17.5 Å². The lowest BCUT2D eigenvalue weighted by molar-refractivity contribution is -0.137. The van der Waals surface area contributed by atoms with Crippen molar-refractivity contribution in [3.05, 3.63) is 41.9 Å². The first-order chi connectivity index (χ1) is 14.2. The van der Waals surface area contributed by atoms with Crippen molar-refractivity contribution in [1.82, 2.24) is 29.8 Å². The predicted molar refractivity (Wildman–Crippen MR) is 106 cm³/mol. The van der Waals surface area contributed by atoms with E-state index in [-0.39, 0.29) is 11.9 Å². The van der Waals surface area contributed by atoms with Gasteiger partial charge in [0.1, 0.15) is 23.0 Å². The minimum atomic E-state index is -4.48. The van der Waals surface area contributed by atoms with Gasteiger partial charge in [0.05, 0.1) is 29.7 Å². The third-order valence-corrected chi connectivity index (χ3v) is 4.98. The summed E-state index contributed by atoms with van der Waals surface area (Å²) < 4.78 is 41.6. The average molecular weight is 420 g/mol. The van der Waals surface area contributed by atoms with Gasteiger partial charge in [0.15, 0.2) is 0 Å². The molecule has 30 heavy (non-hydrogen) atoms. The van der Waals surface area contributed by atoms with Crippen LogP contribution in [0.2, 0.25) is 0 Å². The Morgan fingerprint density at radius 2 is 1.83 bits per heavy atom. The lowest BCUT2D eigenvalue weighted by Crippen LogP contribution is -2.30. The Morgan fingerprint density at radius 1 is 1.13 bits per heavy atom. The number of halogens is 3. The van der Waals surface area contributed by atoms with Gasteiger partial charge in [-0.2, -0.15) is 33.3 Å². The number of alkyl halides is 3. The van der Waals surface area contributed by atoms with Crippen molar-refractivity contribution in [3.63, 3.8) is 0 Å². The summed E-state index contributed by atoms with van der Waals surface area (Å²) in [5, 5.41) is 19.0. The largest absolute Gasteiger partial charge is 0.419 e. The number of aromatic nitrogens is 6. The number of rotatable bonds is 7. The van der Waals surface area contributed by atoms with E-state index in [4.69, 9.17) is 5.10 Å². The Labute approximate surface area is 171 Å². The number of nitrogens with one attached hydrogen (secondary N) is 2. The molecule has 0 amide bonds. The smallest absolute Gasteiger partial charge is 0.370 e. The maximum absolute atomic E-state index is 13.2. The molecule has 0 saturated heterocycles. The SMILES string of the molecule is CCNc1nc(Nc2cc(C(C)(C)n3nccn3)nn2C2CC2)ccc1C(F)(F)F. The topological polar surface area (TPSA) is 85.5 Å². The highest BCUT2D eigenvalue weighted by molar-refractivity contribution is 5.59. The standard InChI is InChI=1S/C19H23F3N8/c1-4-23-17-13(19(20,21)22)7-8-15(27-17)26-16-11-14(28-29(16)12-5-6-12)18(2,3)30-24-9-10-25-30/h7-12H,4-6H2,1-3H3,(H2,23,26,27). The molecule has 0 radical (unpaired) electrons. The number of pyridine rings is 1. The predicted octanol–water partition coefficient (Wildman–Crippen LogP) is 4.18. The van der Waals surface area contributed by atoms with E-state index in [2.05, 4.69) is 25.8 Å². The fourth-order valence-corrected chi connectivity index (χ4v) is 3.18. The van der Waals surface area contributed by atoms with Gasteiger partial charge in [-0.3, -0.25) is 0 Å². The van der Waals surface area contributed by atoms with Gasteiger partial charge < -0.3 is 10.6 Å². The summed E-state index contributed by atoms with van der Waals surface area (Å²) in [5.74, 6) is 0.776. The van der Waals surface area contributed by atoms with Crippen LogP contribution in [0.5, 0.6) is 0 Å². The molecule has 0 atom stereocenters. The monoisotopic (exact) mass is 420 g/mol. The second kappa shape index (κ2) is 7.29. The number of anilines is 3. The van der Waals surface area contributed by atoms with Crippen LogP contribution in [0.4, 0.5) is 30.6 Å². The summed E-state index contributed by atoms with van der Waals surface area (Å²) in [5.41, 5.74) is -0.646. The summed E-state index contributed by atoms with van der Waals surface area (Å²) in [4.78, 5) is 5.73. The quantitative estimate of drug-likeness (QED) is 0.596. The van der Waals surface area contributed by atoms with Crippen molar-refractivity contribution in [2.75, 3.05) is 17.2 Å². The molecule has 1 aliphatic carbocycles. The Morgan fingerprint density at radius 3 is 2.43 bits per heavy atom. The van der Waals surface area contributed by atoms with E-state index in [1.54, 1.807) is 24.1 Å². The van der Waals surface area contributed by atoms with E-state index < -0.39 is 17.3 Å². The summed E-state index contributed by atoms with van der Waals surface area (Å²) in [7, 11) is 0. The number of hydrogen-bond acceptors (Lipinski definition) is 6. The molecule has 0 spiro atoms. The lowest BCUT2D eigenvalue weighted by atomic mass is 10.0. The molecule has 2 N–H and O–H groups in total. The van der Waals surface area contributed by atoms with Crippen LogP contribution < -0.4 is 10.6 Å². The molecule has 160 valence electrons. The summed E-state index contributed by atoms with van der Waals surface area (Å²) in [6, 6.07) is 4.48. The van der Waals surface area contributed by atoms with Crippen molar-refractivity contribution in [2.45, 2.75) is 51.4 Å². The van der Waals surface area contributed by atoms with Crippen molar-refractivity contribution in [2.24, 2.45) is 0 Å². The zero-order valence-corrected chi connectivity index (χ0v) is 16.9. The Kier molecular flexibility index (Phi) is 4.91. The van der Waals surface area contributed by atoms with Crippen molar-refractivity contribution in [1.29, 1.82) is 0 Å². The second-order valence-electron chi connectivity index (χ2n) is 7.71. The van der Waals surface area contributed by atoms with E-state index in [0.29, 0.717) is 18.2 Å². The maximum Gasteiger partial charge on any atom is 0.419 e. The fourth-order valence-electron chi connectivity index (χ4n) is 3.18. The van der Waals surface area contributed by atoms with E-state index in [0.717, 1.165) is 24.6 Å². The van der Waals surface area contributed by atoms with Gasteiger partial charge in [-0.15, -0.1) is 0 Å². The molecule has 0 unspecified atom stereocenters. The summed E-state index contributed by atoms with van der Waals surface area (Å²) in [6.45, 7) is 5.96. The summed E-state index contributed by atoms with van der Waals surface area (Å²) >= 11 is 0. The molecule has 0 bridgehead atoms. The molecule has 3 heterocycles. The van der Waals surface area contributed by atoms with Crippen molar-refractivity contribution < 1.29 is 13.2 Å². The van der Waals surface area contributed by atoms with Crippen LogP contribution in [0, 0.1) is 0 Å². The second-order valence-corrected chi connectivity index (χ2v) is 7.71. The van der Waals surface area contributed by atoms with Crippen LogP contribution in [-0.2, 0) is 11.7 Å². The van der Waals surface area contributed by atoms with Gasteiger partial charge in [0.2, 0.25) is 0 Å². The highest BCUT2D eigenvalue weighted by atomic mass is 19.4. The minimum Gasteiger partial charge on any atom is -0.370 e. The average Bonchev–Trinajstić information content (AvgIpc) is 3.18. The highest BCUT2D eigenvalue weighted by Gasteiger charge is 2.35. The van der Waals surface area contributed by atoms with Crippen LogP contribution in [0.25, 0.3) is 0 Å². The summed E-state index contributed by atoms with van der Waals surface area (Å²) in [6.07, 6.45) is 0.728. The van der Waals surface area contributed by atoms with Crippen LogP contribution >= 0.6 is 0 Å². The Hall–Kier alpha value is -3.11. The van der Waals surface area contributed by atoms with Gasteiger partial charge in [0, 0.05) is 12.6 Å². The first kappa shape index (κ1) is 20.2. The fraction of sp³-hybridized carbons (Fsp3) is 0.474. The molecular formula is C19H23F3N8. The zero-order valence-electron chi connectivity index (χ0n) is 16.9. The number of nitrogens with zero attached hydrogens (tertiary/aromatic N) is 6. The van der Waals surface area contributed by atoms with E-state index in [9.17, 15) is 13.2 Å². The van der Waals surface area contributed by atoms with E-state index in [1.165, 1.54) is 6.07 Å². The molecule has 1 fully saturated rings. The van der Waals surface area contributed by atoms with Gasteiger partial charge in [0.25, 0.3) is 0 Å². The van der Waals surface area contributed by atoms with Crippen LogP contribution in [0.3, 0.4) is 0 Å². The Bertz CT molecular complexity index is 1020. The highest BCUT2D eigenvalue weighted by Crippen LogP contribution is 2.40. The third-order valence-electron chi connectivity index (χ3n) is 4.98. The molecule has 3 aromatic rings. The van der Waals surface area contributed by atoms with E-state index in [1.807, 2.05) is 24.6 Å².